The molecule has 0 spiro atoms. The van der Waals surface area contributed by atoms with Crippen LogP contribution in [0.5, 0.6) is 0 Å². The number of carbonyl (C=O) groups excluding carboxylic acids is 1. The van der Waals surface area contributed by atoms with Gasteiger partial charge in [0, 0.05) is 24.4 Å². The third-order valence-corrected chi connectivity index (χ3v) is 3.90. The van der Waals surface area contributed by atoms with Crippen molar-refractivity contribution >= 4 is 28.1 Å². The zero-order valence-corrected chi connectivity index (χ0v) is 13.0. The molecule has 0 fully saturated rings. The van der Waals surface area contributed by atoms with Gasteiger partial charge in [0.1, 0.15) is 5.69 Å². The predicted octanol–water partition coefficient (Wildman–Crippen LogP) is 3.24. The average Bonchev–Trinajstić information content (AvgIpc) is 2.61. The molecule has 24 heavy (non-hydrogen) atoms. The summed E-state index contributed by atoms with van der Waals surface area (Å²) in [6.45, 7) is 1.75. The Labute approximate surface area is 138 Å². The first-order valence-corrected chi connectivity index (χ1v) is 7.50. The van der Waals surface area contributed by atoms with E-state index in [1.54, 1.807) is 23.6 Å². The maximum atomic E-state index is 12.5. The Kier molecular flexibility index (Phi) is 4.20. The first-order chi connectivity index (χ1) is 11.6. The summed E-state index contributed by atoms with van der Waals surface area (Å²) >= 11 is 0. The molecule has 0 bridgehead atoms. The Hall–Kier alpha value is -3.28. The molecule has 3 aromatic rings. The minimum atomic E-state index is -0.510. The SMILES string of the molecule is C[C@@H](C(=O)Nc1ccccc1[N+](=O)[O-])[n+]1ccc2ccccc2c1. The molecule has 1 aromatic heterocycles. The molecule has 0 radical (unpaired) electrons. The predicted molar refractivity (Wildman–Crippen MR) is 90.6 cm³/mol. The van der Waals surface area contributed by atoms with Crippen molar-refractivity contribution in [2.75, 3.05) is 5.32 Å². The van der Waals surface area contributed by atoms with E-state index in [1.165, 1.54) is 12.1 Å². The van der Waals surface area contributed by atoms with Crippen molar-refractivity contribution in [3.05, 3.63) is 77.1 Å². The minimum Gasteiger partial charge on any atom is -0.315 e. The molecule has 1 atom stereocenters. The van der Waals surface area contributed by atoms with Crippen molar-refractivity contribution in [1.29, 1.82) is 0 Å². The first kappa shape index (κ1) is 15.6. The summed E-state index contributed by atoms with van der Waals surface area (Å²) in [5, 5.41) is 15.8. The summed E-state index contributed by atoms with van der Waals surface area (Å²) in [4.78, 5) is 23.0. The number of amides is 1. The van der Waals surface area contributed by atoms with Gasteiger partial charge in [-0.25, -0.2) is 0 Å². The van der Waals surface area contributed by atoms with Crippen molar-refractivity contribution in [3.8, 4) is 0 Å². The lowest BCUT2D eigenvalue weighted by Crippen LogP contribution is -2.44. The van der Waals surface area contributed by atoms with Gasteiger partial charge in [-0.1, -0.05) is 30.3 Å². The Bertz CT molecular complexity index is 924. The van der Waals surface area contributed by atoms with Crippen LogP contribution in [0.3, 0.4) is 0 Å². The zero-order chi connectivity index (χ0) is 17.1. The van der Waals surface area contributed by atoms with Crippen LogP contribution >= 0.6 is 0 Å². The normalized spacial score (nSPS) is 11.9. The number of rotatable bonds is 4. The molecular formula is C18H16N3O3+. The molecule has 0 aliphatic rings. The number of aromatic nitrogens is 1. The lowest BCUT2D eigenvalue weighted by molar-refractivity contribution is -0.704. The number of para-hydroxylation sites is 2. The van der Waals surface area contributed by atoms with Crippen molar-refractivity contribution in [1.82, 2.24) is 0 Å². The molecule has 0 aliphatic heterocycles. The summed E-state index contributed by atoms with van der Waals surface area (Å²) in [5.74, 6) is -0.315. The van der Waals surface area contributed by atoms with Gasteiger partial charge in [-0.3, -0.25) is 14.9 Å². The summed E-state index contributed by atoms with van der Waals surface area (Å²) < 4.78 is 1.78. The standard InChI is InChI=1S/C18H15N3O3/c1-13(20-11-10-14-6-2-3-7-15(14)12-20)18(22)19-16-8-4-5-9-17(16)21(23)24/h2-13H,1H3/p+1/t13-/m0/s1. The van der Waals surface area contributed by atoms with Crippen LogP contribution in [-0.2, 0) is 4.79 Å². The van der Waals surface area contributed by atoms with Gasteiger partial charge in [-0.15, -0.1) is 0 Å². The number of nitrogens with one attached hydrogen (secondary N) is 1. The fourth-order valence-electron chi connectivity index (χ4n) is 2.50. The molecular weight excluding hydrogens is 306 g/mol. The number of hydrogen-bond acceptors (Lipinski definition) is 3. The second-order valence-electron chi connectivity index (χ2n) is 5.46. The molecule has 0 saturated carbocycles. The maximum absolute atomic E-state index is 12.5. The highest BCUT2D eigenvalue weighted by molar-refractivity contribution is 5.94. The molecule has 6 nitrogen and oxygen atoms in total. The molecule has 1 N–H and O–H groups in total. The number of carbonyl (C=O) groups is 1. The summed E-state index contributed by atoms with van der Waals surface area (Å²) in [5.41, 5.74) is 0.0716. The topological polar surface area (TPSA) is 76.1 Å². The Balaban J connectivity index is 1.85. The zero-order valence-electron chi connectivity index (χ0n) is 13.0. The number of nitrogens with zero attached hydrogens (tertiary/aromatic N) is 2. The number of fused-ring (bicyclic) bond motifs is 1. The van der Waals surface area contributed by atoms with Crippen LogP contribution in [0.15, 0.2) is 67.0 Å². The number of hydrogen-bond donors (Lipinski definition) is 1. The van der Waals surface area contributed by atoms with Gasteiger partial charge in [0.2, 0.25) is 6.04 Å². The van der Waals surface area contributed by atoms with Crippen molar-refractivity contribution < 1.29 is 14.3 Å². The van der Waals surface area contributed by atoms with Gasteiger partial charge in [-0.05, 0) is 17.5 Å². The number of benzene rings is 2. The highest BCUT2D eigenvalue weighted by Gasteiger charge is 2.24. The van der Waals surface area contributed by atoms with Crippen molar-refractivity contribution in [2.45, 2.75) is 13.0 Å². The van der Waals surface area contributed by atoms with Gasteiger partial charge in [0.25, 0.3) is 11.6 Å². The van der Waals surface area contributed by atoms with E-state index >= 15 is 0 Å². The lowest BCUT2D eigenvalue weighted by Gasteiger charge is -2.09. The van der Waals surface area contributed by atoms with Gasteiger partial charge in [0.15, 0.2) is 12.4 Å². The van der Waals surface area contributed by atoms with E-state index in [-0.39, 0.29) is 17.3 Å². The van der Waals surface area contributed by atoms with Crippen LogP contribution < -0.4 is 9.88 Å². The fourth-order valence-corrected chi connectivity index (χ4v) is 2.50. The third-order valence-electron chi connectivity index (χ3n) is 3.90. The second kappa shape index (κ2) is 6.45. The van der Waals surface area contributed by atoms with Gasteiger partial charge in [-0.2, -0.15) is 4.57 Å². The van der Waals surface area contributed by atoms with Crippen LogP contribution in [0, 0.1) is 10.1 Å². The monoisotopic (exact) mass is 322 g/mol. The van der Waals surface area contributed by atoms with Crippen molar-refractivity contribution in [3.63, 3.8) is 0 Å². The smallest absolute Gasteiger partial charge is 0.293 e. The van der Waals surface area contributed by atoms with E-state index in [0.29, 0.717) is 0 Å². The average molecular weight is 322 g/mol. The Morgan fingerprint density at radius 2 is 1.75 bits per heavy atom. The molecule has 2 aromatic carbocycles. The second-order valence-corrected chi connectivity index (χ2v) is 5.46. The van der Waals surface area contributed by atoms with Gasteiger partial charge < -0.3 is 5.32 Å². The lowest BCUT2D eigenvalue weighted by atomic mass is 10.1. The maximum Gasteiger partial charge on any atom is 0.293 e. The number of pyridine rings is 1. The highest BCUT2D eigenvalue weighted by atomic mass is 16.6. The van der Waals surface area contributed by atoms with Crippen LogP contribution in [0.2, 0.25) is 0 Å². The molecule has 0 aliphatic carbocycles. The summed E-state index contributed by atoms with van der Waals surface area (Å²) in [6.07, 6.45) is 3.71. The van der Waals surface area contributed by atoms with Crippen LogP contribution in [-0.4, -0.2) is 10.8 Å². The number of nitro benzene ring substituents is 1. The molecule has 0 saturated heterocycles. The number of anilines is 1. The fraction of sp³-hybridized carbons (Fsp3) is 0.111. The molecule has 1 heterocycles. The third kappa shape index (κ3) is 3.08. The van der Waals surface area contributed by atoms with E-state index in [9.17, 15) is 14.9 Å². The summed E-state index contributed by atoms with van der Waals surface area (Å²) in [7, 11) is 0. The van der Waals surface area contributed by atoms with E-state index in [1.807, 2.05) is 42.7 Å². The molecule has 6 heteroatoms. The Morgan fingerprint density at radius 1 is 1.08 bits per heavy atom. The van der Waals surface area contributed by atoms with Gasteiger partial charge >= 0.3 is 0 Å². The first-order valence-electron chi connectivity index (χ1n) is 7.50. The molecule has 1 amide bonds. The van der Waals surface area contributed by atoms with Crippen LogP contribution in [0.25, 0.3) is 10.8 Å². The van der Waals surface area contributed by atoms with E-state index in [4.69, 9.17) is 0 Å². The molecule has 120 valence electrons. The van der Waals surface area contributed by atoms with Crippen LogP contribution in [0.1, 0.15) is 13.0 Å². The quantitative estimate of drug-likeness (QED) is 0.455. The Morgan fingerprint density at radius 3 is 2.50 bits per heavy atom. The van der Waals surface area contributed by atoms with E-state index < -0.39 is 11.0 Å². The summed E-state index contributed by atoms with van der Waals surface area (Å²) in [6, 6.07) is 15.4. The van der Waals surface area contributed by atoms with Crippen LogP contribution in [0.4, 0.5) is 11.4 Å². The minimum absolute atomic E-state index is 0.124. The van der Waals surface area contributed by atoms with Gasteiger partial charge in [0.05, 0.1) is 4.92 Å². The van der Waals surface area contributed by atoms with E-state index in [0.717, 1.165) is 10.8 Å². The van der Waals surface area contributed by atoms with Crippen molar-refractivity contribution in [2.24, 2.45) is 0 Å². The highest BCUT2D eigenvalue weighted by Crippen LogP contribution is 2.23. The number of nitro groups is 1. The largest absolute Gasteiger partial charge is 0.315 e. The van der Waals surface area contributed by atoms with E-state index in [2.05, 4.69) is 5.32 Å². The molecule has 0 unspecified atom stereocenters. The molecule has 3 rings (SSSR count).